The second-order valence-corrected chi connectivity index (χ2v) is 7.29. The van der Waals surface area contributed by atoms with Crippen LogP contribution in [0, 0.1) is 10.1 Å². The Morgan fingerprint density at radius 2 is 1.79 bits per heavy atom. The van der Waals surface area contributed by atoms with Crippen molar-refractivity contribution in [2.24, 2.45) is 0 Å². The van der Waals surface area contributed by atoms with Crippen molar-refractivity contribution in [3.8, 4) is 5.75 Å². The van der Waals surface area contributed by atoms with E-state index < -0.39 is 5.09 Å². The van der Waals surface area contributed by atoms with Crippen molar-refractivity contribution in [3.05, 3.63) is 90.4 Å². The quantitative estimate of drug-likeness (QED) is 0.348. The zero-order valence-corrected chi connectivity index (χ0v) is 17.8. The third-order valence-electron chi connectivity index (χ3n) is 3.71. The lowest BCUT2D eigenvalue weighted by Gasteiger charge is -2.14. The van der Waals surface area contributed by atoms with E-state index in [0.29, 0.717) is 25.8 Å². The minimum atomic E-state index is -1.50. The molecule has 7 nitrogen and oxygen atoms in total. The molecule has 0 amide bonds. The van der Waals surface area contributed by atoms with Gasteiger partial charge in [0.1, 0.15) is 6.61 Å². The van der Waals surface area contributed by atoms with Crippen LogP contribution in [0.3, 0.4) is 0 Å². The lowest BCUT2D eigenvalue weighted by molar-refractivity contribution is -0.742. The van der Waals surface area contributed by atoms with Gasteiger partial charge in [0.2, 0.25) is 0 Å². The molecule has 3 aromatic rings. The molecule has 11 heteroatoms. The van der Waals surface area contributed by atoms with Crippen LogP contribution in [0.5, 0.6) is 5.75 Å². The fourth-order valence-corrected chi connectivity index (χ4v) is 3.39. The molecule has 0 radical (unpaired) electrons. The summed E-state index contributed by atoms with van der Waals surface area (Å²) in [7, 11) is 0. The standard InChI is InChI=1S/C18H14Cl4N2O.HNO3/c19-14-3-1-13(16(21)9-14)10-25-18-15(20)4-2-12(17(18)22)5-7-24-8-6-23-11-24;2-1(3)4/h1-4,6,8-9,11H,5,7,10H2;(H,2,3,4). The van der Waals surface area contributed by atoms with Gasteiger partial charge in [-0.2, -0.15) is 0 Å². The monoisotopic (exact) mass is 477 g/mol. The van der Waals surface area contributed by atoms with Crippen molar-refractivity contribution in [3.63, 3.8) is 0 Å². The second kappa shape index (κ2) is 11.1. The van der Waals surface area contributed by atoms with Gasteiger partial charge in [-0.05, 0) is 30.2 Å². The van der Waals surface area contributed by atoms with Gasteiger partial charge in [0, 0.05) is 34.5 Å². The number of aryl methyl sites for hydroxylation is 2. The summed E-state index contributed by atoms with van der Waals surface area (Å²) in [5.41, 5.74) is 1.76. The second-order valence-electron chi connectivity index (χ2n) is 5.66. The number of hydrogen-bond acceptors (Lipinski definition) is 4. The third-order valence-corrected chi connectivity index (χ3v) is 5.01. The largest absolute Gasteiger partial charge is 0.486 e. The molecule has 0 fully saturated rings. The first kappa shape index (κ1) is 23.1. The third kappa shape index (κ3) is 7.29. The average Bonchev–Trinajstić information content (AvgIpc) is 3.15. The highest BCUT2D eigenvalue weighted by molar-refractivity contribution is 6.37. The van der Waals surface area contributed by atoms with E-state index in [-0.39, 0.29) is 6.61 Å². The summed E-state index contributed by atoms with van der Waals surface area (Å²) in [6.07, 6.45) is 6.16. The van der Waals surface area contributed by atoms with E-state index in [0.717, 1.165) is 24.1 Å². The van der Waals surface area contributed by atoms with Gasteiger partial charge in [-0.3, -0.25) is 0 Å². The van der Waals surface area contributed by atoms with Gasteiger partial charge in [-0.1, -0.05) is 58.5 Å². The Balaban J connectivity index is 0.000000687. The molecule has 0 aliphatic rings. The molecule has 0 aliphatic carbocycles. The highest BCUT2D eigenvalue weighted by Gasteiger charge is 2.13. The predicted octanol–water partition coefficient (Wildman–Crippen LogP) is 5.97. The van der Waals surface area contributed by atoms with Crippen LogP contribution in [0.2, 0.25) is 20.1 Å². The summed E-state index contributed by atoms with van der Waals surface area (Å²) in [6, 6.07) is 8.94. The Bertz CT molecular complexity index is 964. The van der Waals surface area contributed by atoms with Crippen LogP contribution in [-0.4, -0.2) is 19.8 Å². The minimum absolute atomic E-state index is 0.250. The van der Waals surface area contributed by atoms with E-state index in [1.807, 2.05) is 22.9 Å². The predicted molar refractivity (Wildman–Crippen MR) is 112 cm³/mol. The molecule has 1 heterocycles. The molecule has 1 aromatic heterocycles. The van der Waals surface area contributed by atoms with Crippen LogP contribution in [0.15, 0.2) is 49.1 Å². The van der Waals surface area contributed by atoms with Gasteiger partial charge in [-0.15, -0.1) is 10.1 Å². The van der Waals surface area contributed by atoms with Crippen molar-refractivity contribution in [1.82, 2.24) is 9.55 Å². The molecule has 154 valence electrons. The summed E-state index contributed by atoms with van der Waals surface area (Å²) in [6.45, 7) is 1.02. The van der Waals surface area contributed by atoms with E-state index in [1.54, 1.807) is 30.7 Å². The summed E-state index contributed by atoms with van der Waals surface area (Å²) in [4.78, 5) is 12.4. The van der Waals surface area contributed by atoms with Gasteiger partial charge in [0.25, 0.3) is 5.09 Å². The van der Waals surface area contributed by atoms with Crippen molar-refractivity contribution in [2.45, 2.75) is 19.6 Å². The smallest absolute Gasteiger partial charge is 0.291 e. The van der Waals surface area contributed by atoms with Gasteiger partial charge < -0.3 is 14.5 Å². The van der Waals surface area contributed by atoms with E-state index in [4.69, 9.17) is 66.5 Å². The normalized spacial score (nSPS) is 10.2. The number of ether oxygens (including phenoxy) is 1. The molecule has 0 bridgehead atoms. The lowest BCUT2D eigenvalue weighted by atomic mass is 10.1. The van der Waals surface area contributed by atoms with Crippen LogP contribution in [0.4, 0.5) is 0 Å². The van der Waals surface area contributed by atoms with Crippen molar-refractivity contribution in [2.75, 3.05) is 0 Å². The average molecular weight is 479 g/mol. The highest BCUT2D eigenvalue weighted by Crippen LogP contribution is 2.37. The summed E-state index contributed by atoms with van der Waals surface area (Å²) in [5.74, 6) is 0.456. The molecule has 29 heavy (non-hydrogen) atoms. The Morgan fingerprint density at radius 1 is 1.10 bits per heavy atom. The summed E-state index contributed by atoms with van der Waals surface area (Å²) >= 11 is 24.8. The number of hydrogen-bond donors (Lipinski definition) is 1. The molecule has 0 saturated heterocycles. The fourth-order valence-electron chi connectivity index (χ4n) is 2.36. The topological polar surface area (TPSA) is 90.4 Å². The summed E-state index contributed by atoms with van der Waals surface area (Å²) < 4.78 is 7.83. The SMILES string of the molecule is Clc1ccc(COc2c(Cl)ccc(CCn3ccnc3)c2Cl)c(Cl)c1.O=[N+]([O-])O. The Morgan fingerprint density at radius 3 is 2.41 bits per heavy atom. The van der Waals surface area contributed by atoms with Crippen LogP contribution in [-0.2, 0) is 19.6 Å². The van der Waals surface area contributed by atoms with Gasteiger partial charge >= 0.3 is 0 Å². The van der Waals surface area contributed by atoms with Crippen LogP contribution >= 0.6 is 46.4 Å². The lowest BCUT2D eigenvalue weighted by Crippen LogP contribution is -2.02. The molecule has 0 unspecified atom stereocenters. The Labute approximate surface area is 186 Å². The Hall–Kier alpha value is -2.19. The number of benzene rings is 2. The number of aromatic nitrogens is 2. The molecular formula is C18H15Cl4N3O4. The van der Waals surface area contributed by atoms with Crippen LogP contribution in [0.1, 0.15) is 11.1 Å². The van der Waals surface area contributed by atoms with Crippen molar-refractivity contribution in [1.29, 1.82) is 0 Å². The molecule has 3 rings (SSSR count). The molecule has 0 spiro atoms. The van der Waals surface area contributed by atoms with Crippen LogP contribution < -0.4 is 4.74 Å². The van der Waals surface area contributed by atoms with E-state index >= 15 is 0 Å². The zero-order chi connectivity index (χ0) is 21.4. The minimum Gasteiger partial charge on any atom is -0.486 e. The van der Waals surface area contributed by atoms with Gasteiger partial charge in [0.15, 0.2) is 5.75 Å². The number of imidazole rings is 1. The van der Waals surface area contributed by atoms with Gasteiger partial charge in [0.05, 0.1) is 16.4 Å². The first-order valence-corrected chi connectivity index (χ1v) is 9.61. The van der Waals surface area contributed by atoms with E-state index in [2.05, 4.69) is 4.98 Å². The van der Waals surface area contributed by atoms with Crippen molar-refractivity contribution >= 4 is 46.4 Å². The maximum Gasteiger partial charge on any atom is 0.291 e. The van der Waals surface area contributed by atoms with E-state index in [1.165, 1.54) is 0 Å². The fraction of sp³-hybridized carbons (Fsp3) is 0.167. The number of halogens is 4. The molecule has 2 aromatic carbocycles. The first-order chi connectivity index (χ1) is 13.8. The number of rotatable bonds is 6. The molecule has 0 saturated carbocycles. The maximum absolute atomic E-state index is 8.36. The molecule has 1 N–H and O–H groups in total. The summed E-state index contributed by atoms with van der Waals surface area (Å²) in [5, 5.41) is 15.7. The molecule has 0 atom stereocenters. The van der Waals surface area contributed by atoms with Crippen molar-refractivity contribution < 1.29 is 15.0 Å². The molecule has 0 aliphatic heterocycles. The zero-order valence-electron chi connectivity index (χ0n) is 14.8. The first-order valence-electron chi connectivity index (χ1n) is 8.10. The van der Waals surface area contributed by atoms with Gasteiger partial charge in [-0.25, -0.2) is 4.98 Å². The van der Waals surface area contributed by atoms with Crippen LogP contribution in [0.25, 0.3) is 0 Å². The maximum atomic E-state index is 8.36. The van der Waals surface area contributed by atoms with E-state index in [9.17, 15) is 0 Å². The molecular weight excluding hydrogens is 464 g/mol. The highest BCUT2D eigenvalue weighted by atomic mass is 35.5. The number of nitrogens with zero attached hydrogens (tertiary/aromatic N) is 3. The Kier molecular flexibility index (Phi) is 8.85.